The predicted octanol–water partition coefficient (Wildman–Crippen LogP) is 2.20. The molecular weight excluding hydrogens is 228 g/mol. The summed E-state index contributed by atoms with van der Waals surface area (Å²) >= 11 is 0. The van der Waals surface area contributed by atoms with Crippen LogP contribution in [0.2, 0.25) is 0 Å². The van der Waals surface area contributed by atoms with Crippen molar-refractivity contribution in [3.63, 3.8) is 0 Å². The topological polar surface area (TPSA) is 53.3 Å². The SMILES string of the molecule is CCCN(CC)C(=O)COc1ccc(C#N)cc1. The van der Waals surface area contributed by atoms with Gasteiger partial charge in [-0.2, -0.15) is 5.26 Å². The smallest absolute Gasteiger partial charge is 0.260 e. The van der Waals surface area contributed by atoms with Crippen molar-refractivity contribution in [1.29, 1.82) is 5.26 Å². The summed E-state index contributed by atoms with van der Waals surface area (Å²) in [6, 6.07) is 8.77. The van der Waals surface area contributed by atoms with Crippen LogP contribution in [0.5, 0.6) is 5.75 Å². The maximum atomic E-state index is 11.8. The number of benzene rings is 1. The van der Waals surface area contributed by atoms with Crippen LogP contribution in [0, 0.1) is 11.3 Å². The van der Waals surface area contributed by atoms with E-state index < -0.39 is 0 Å². The van der Waals surface area contributed by atoms with Crippen LogP contribution in [0.1, 0.15) is 25.8 Å². The number of hydrogen-bond acceptors (Lipinski definition) is 3. The summed E-state index contributed by atoms with van der Waals surface area (Å²) in [5.74, 6) is 0.596. The fourth-order valence-electron chi connectivity index (χ4n) is 1.59. The molecule has 4 nitrogen and oxygen atoms in total. The van der Waals surface area contributed by atoms with Crippen LogP contribution < -0.4 is 4.74 Å². The van der Waals surface area contributed by atoms with Crippen LogP contribution in [0.15, 0.2) is 24.3 Å². The van der Waals surface area contributed by atoms with Crippen LogP contribution in [0.4, 0.5) is 0 Å². The maximum Gasteiger partial charge on any atom is 0.260 e. The number of likely N-dealkylation sites (N-methyl/N-ethyl adjacent to an activating group) is 1. The monoisotopic (exact) mass is 246 g/mol. The molecule has 0 saturated carbocycles. The second-order valence-corrected chi connectivity index (χ2v) is 3.90. The fraction of sp³-hybridized carbons (Fsp3) is 0.429. The molecule has 0 bridgehead atoms. The Morgan fingerprint density at radius 2 is 2.00 bits per heavy atom. The van der Waals surface area contributed by atoms with E-state index in [1.165, 1.54) is 0 Å². The number of ether oxygens (including phenoxy) is 1. The summed E-state index contributed by atoms with van der Waals surface area (Å²) in [5.41, 5.74) is 0.579. The van der Waals surface area contributed by atoms with E-state index in [4.69, 9.17) is 10.00 Å². The van der Waals surface area contributed by atoms with Gasteiger partial charge >= 0.3 is 0 Å². The first kappa shape index (κ1) is 14.0. The second kappa shape index (κ2) is 7.33. The Hall–Kier alpha value is -2.02. The van der Waals surface area contributed by atoms with Crippen LogP contribution in [-0.2, 0) is 4.79 Å². The molecule has 1 rings (SSSR count). The summed E-state index contributed by atoms with van der Waals surface area (Å²) in [7, 11) is 0. The highest BCUT2D eigenvalue weighted by molar-refractivity contribution is 5.77. The van der Waals surface area contributed by atoms with Crippen LogP contribution >= 0.6 is 0 Å². The average Bonchev–Trinajstić information content (AvgIpc) is 2.42. The normalized spacial score (nSPS) is 9.61. The zero-order valence-electron chi connectivity index (χ0n) is 10.8. The van der Waals surface area contributed by atoms with E-state index in [0.717, 1.165) is 13.0 Å². The first-order valence-electron chi connectivity index (χ1n) is 6.12. The van der Waals surface area contributed by atoms with E-state index in [0.29, 0.717) is 17.9 Å². The van der Waals surface area contributed by atoms with E-state index >= 15 is 0 Å². The van der Waals surface area contributed by atoms with E-state index in [1.54, 1.807) is 29.2 Å². The number of nitriles is 1. The Balaban J connectivity index is 2.48. The van der Waals surface area contributed by atoms with E-state index in [-0.39, 0.29) is 12.5 Å². The molecule has 0 spiro atoms. The van der Waals surface area contributed by atoms with Crippen molar-refractivity contribution in [3.8, 4) is 11.8 Å². The Kier molecular flexibility index (Phi) is 5.72. The lowest BCUT2D eigenvalue weighted by Crippen LogP contribution is -2.35. The predicted molar refractivity (Wildman–Crippen MR) is 69.2 cm³/mol. The highest BCUT2D eigenvalue weighted by Crippen LogP contribution is 2.11. The summed E-state index contributed by atoms with van der Waals surface area (Å²) in [5, 5.41) is 8.66. The molecule has 0 N–H and O–H groups in total. The molecular formula is C14H18N2O2. The van der Waals surface area contributed by atoms with Crippen molar-refractivity contribution in [1.82, 2.24) is 4.90 Å². The summed E-state index contributed by atoms with van der Waals surface area (Å²) < 4.78 is 5.40. The molecule has 0 aliphatic carbocycles. The summed E-state index contributed by atoms with van der Waals surface area (Å²) in [4.78, 5) is 13.6. The molecule has 0 radical (unpaired) electrons. The van der Waals surface area contributed by atoms with E-state index in [9.17, 15) is 4.79 Å². The minimum atomic E-state index is -0.0105. The minimum Gasteiger partial charge on any atom is -0.484 e. The lowest BCUT2D eigenvalue weighted by Gasteiger charge is -2.20. The molecule has 4 heteroatoms. The van der Waals surface area contributed by atoms with Gasteiger partial charge in [-0.25, -0.2) is 0 Å². The van der Waals surface area contributed by atoms with Crippen LogP contribution in [0.3, 0.4) is 0 Å². The lowest BCUT2D eigenvalue weighted by atomic mass is 10.2. The Labute approximate surface area is 108 Å². The number of carbonyl (C=O) groups excluding carboxylic acids is 1. The third-order valence-electron chi connectivity index (χ3n) is 2.57. The number of hydrogen-bond donors (Lipinski definition) is 0. The average molecular weight is 246 g/mol. The molecule has 0 fully saturated rings. The van der Waals surface area contributed by atoms with Crippen molar-refractivity contribution in [2.75, 3.05) is 19.7 Å². The quantitative estimate of drug-likeness (QED) is 0.773. The number of rotatable bonds is 6. The first-order chi connectivity index (χ1) is 8.71. The molecule has 1 amide bonds. The zero-order chi connectivity index (χ0) is 13.4. The van der Waals surface area contributed by atoms with Crippen molar-refractivity contribution in [2.45, 2.75) is 20.3 Å². The molecule has 0 aliphatic heterocycles. The zero-order valence-corrected chi connectivity index (χ0v) is 10.8. The molecule has 0 aromatic heterocycles. The lowest BCUT2D eigenvalue weighted by molar-refractivity contribution is -0.133. The third kappa shape index (κ3) is 4.10. The first-order valence-corrected chi connectivity index (χ1v) is 6.12. The van der Waals surface area contributed by atoms with Gasteiger partial charge in [0.15, 0.2) is 6.61 Å². The number of nitrogens with zero attached hydrogens (tertiary/aromatic N) is 2. The van der Waals surface area contributed by atoms with Crippen molar-refractivity contribution < 1.29 is 9.53 Å². The standard InChI is InChI=1S/C14H18N2O2/c1-3-9-16(4-2)14(17)11-18-13-7-5-12(10-15)6-8-13/h5-8H,3-4,9,11H2,1-2H3. The van der Waals surface area contributed by atoms with Gasteiger partial charge < -0.3 is 9.64 Å². The molecule has 0 unspecified atom stereocenters. The summed E-state index contributed by atoms with van der Waals surface area (Å²) in [6.45, 7) is 5.49. The molecule has 1 aromatic carbocycles. The van der Waals surface area contributed by atoms with Gasteiger partial charge in [0.05, 0.1) is 11.6 Å². The largest absolute Gasteiger partial charge is 0.484 e. The van der Waals surface area contributed by atoms with Gasteiger partial charge in [0.1, 0.15) is 5.75 Å². The molecule has 18 heavy (non-hydrogen) atoms. The van der Waals surface area contributed by atoms with Crippen LogP contribution in [0.25, 0.3) is 0 Å². The molecule has 1 aromatic rings. The molecule has 0 saturated heterocycles. The van der Waals surface area contributed by atoms with Crippen LogP contribution in [-0.4, -0.2) is 30.5 Å². The Morgan fingerprint density at radius 3 is 2.50 bits per heavy atom. The second-order valence-electron chi connectivity index (χ2n) is 3.90. The molecule has 0 heterocycles. The highest BCUT2D eigenvalue weighted by Gasteiger charge is 2.10. The van der Waals surface area contributed by atoms with E-state index in [2.05, 4.69) is 0 Å². The Bertz CT molecular complexity index is 420. The van der Waals surface area contributed by atoms with Crippen molar-refractivity contribution in [2.24, 2.45) is 0 Å². The van der Waals surface area contributed by atoms with Gasteiger partial charge in [-0.15, -0.1) is 0 Å². The van der Waals surface area contributed by atoms with Gasteiger partial charge in [-0.1, -0.05) is 6.92 Å². The minimum absolute atomic E-state index is 0.0105. The van der Waals surface area contributed by atoms with Gasteiger partial charge in [-0.05, 0) is 37.6 Å². The third-order valence-corrected chi connectivity index (χ3v) is 2.57. The van der Waals surface area contributed by atoms with Gasteiger partial charge in [-0.3, -0.25) is 4.79 Å². The molecule has 0 atom stereocenters. The number of amides is 1. The van der Waals surface area contributed by atoms with Crippen molar-refractivity contribution in [3.05, 3.63) is 29.8 Å². The van der Waals surface area contributed by atoms with Crippen molar-refractivity contribution >= 4 is 5.91 Å². The number of carbonyl (C=O) groups is 1. The fourth-order valence-corrected chi connectivity index (χ4v) is 1.59. The highest BCUT2D eigenvalue weighted by atomic mass is 16.5. The molecule has 96 valence electrons. The summed E-state index contributed by atoms with van der Waals surface area (Å²) in [6.07, 6.45) is 0.941. The Morgan fingerprint density at radius 1 is 1.33 bits per heavy atom. The van der Waals surface area contributed by atoms with Gasteiger partial charge in [0.2, 0.25) is 0 Å². The van der Waals surface area contributed by atoms with Gasteiger partial charge in [0.25, 0.3) is 5.91 Å². The molecule has 0 aliphatic rings. The van der Waals surface area contributed by atoms with E-state index in [1.807, 2.05) is 19.9 Å². The maximum absolute atomic E-state index is 11.8. The van der Waals surface area contributed by atoms with Gasteiger partial charge in [0, 0.05) is 13.1 Å².